The molecule has 2 N–H and O–H groups in total. The Morgan fingerprint density at radius 1 is 0.839 bits per heavy atom. The number of hydrogen-bond acceptors (Lipinski definition) is 4. The quantitative estimate of drug-likeness (QED) is 0.554. The molecule has 0 heterocycles. The average Bonchev–Trinajstić information content (AvgIpc) is 2.73. The highest BCUT2D eigenvalue weighted by atomic mass is 32.2. The first-order valence-corrected chi connectivity index (χ1v) is 11.4. The van der Waals surface area contributed by atoms with E-state index in [2.05, 4.69) is 10.0 Å². The van der Waals surface area contributed by atoms with Crippen LogP contribution in [0.5, 0.6) is 5.75 Å². The second kappa shape index (κ2) is 9.22. The van der Waals surface area contributed by atoms with Crippen LogP contribution in [0.3, 0.4) is 0 Å². The van der Waals surface area contributed by atoms with Crippen molar-refractivity contribution in [3.05, 3.63) is 83.4 Å². The van der Waals surface area contributed by atoms with Gasteiger partial charge in [-0.15, -0.1) is 0 Å². The van der Waals surface area contributed by atoms with E-state index in [9.17, 15) is 13.2 Å². The van der Waals surface area contributed by atoms with Crippen LogP contribution in [0.4, 0.5) is 11.4 Å². The Morgan fingerprint density at radius 3 is 2.03 bits per heavy atom. The minimum atomic E-state index is -3.75. The van der Waals surface area contributed by atoms with Gasteiger partial charge >= 0.3 is 0 Å². The number of ether oxygens (including phenoxy) is 1. The van der Waals surface area contributed by atoms with E-state index in [-0.39, 0.29) is 10.8 Å². The molecule has 0 aliphatic rings. The van der Waals surface area contributed by atoms with E-state index >= 15 is 0 Å². The lowest BCUT2D eigenvalue weighted by Crippen LogP contribution is -2.30. The Kier molecular flexibility index (Phi) is 6.65. The van der Waals surface area contributed by atoms with Crippen molar-refractivity contribution in [3.8, 4) is 5.75 Å². The summed E-state index contributed by atoms with van der Waals surface area (Å²) in [4.78, 5) is 12.6. The molecule has 162 valence electrons. The maximum absolute atomic E-state index is 12.8. The van der Waals surface area contributed by atoms with Crippen molar-refractivity contribution in [2.24, 2.45) is 0 Å². The first-order valence-electron chi connectivity index (χ1n) is 9.89. The lowest BCUT2D eigenvalue weighted by atomic mass is 10.1. The number of aryl methyl sites for hydroxylation is 3. The normalized spacial score (nSPS) is 12.1. The van der Waals surface area contributed by atoms with Gasteiger partial charge in [-0.1, -0.05) is 36.4 Å². The van der Waals surface area contributed by atoms with E-state index in [4.69, 9.17) is 4.74 Å². The van der Waals surface area contributed by atoms with Crippen LogP contribution in [0.1, 0.15) is 23.6 Å². The topological polar surface area (TPSA) is 84.5 Å². The van der Waals surface area contributed by atoms with Crippen LogP contribution in [0.15, 0.2) is 71.6 Å². The summed E-state index contributed by atoms with van der Waals surface area (Å²) in [7, 11) is -3.75. The molecule has 0 aromatic heterocycles. The maximum Gasteiger partial charge on any atom is 0.265 e. The Labute approximate surface area is 183 Å². The van der Waals surface area contributed by atoms with Crippen molar-refractivity contribution >= 4 is 27.3 Å². The third-order valence-electron chi connectivity index (χ3n) is 4.92. The second-order valence-corrected chi connectivity index (χ2v) is 9.09. The van der Waals surface area contributed by atoms with Gasteiger partial charge in [-0.05, 0) is 74.7 Å². The fraction of sp³-hybridized carbons (Fsp3) is 0.208. The molecule has 3 rings (SSSR count). The monoisotopic (exact) mass is 438 g/mol. The number of sulfonamides is 1. The third kappa shape index (κ3) is 5.44. The Balaban J connectivity index is 1.68. The van der Waals surface area contributed by atoms with Crippen LogP contribution in [-0.2, 0) is 14.8 Å². The zero-order valence-electron chi connectivity index (χ0n) is 18.0. The number of nitrogens with one attached hydrogen (secondary N) is 2. The van der Waals surface area contributed by atoms with Crippen molar-refractivity contribution in [2.45, 2.75) is 38.7 Å². The van der Waals surface area contributed by atoms with Crippen molar-refractivity contribution in [1.29, 1.82) is 0 Å². The molecule has 6 nitrogen and oxygen atoms in total. The van der Waals surface area contributed by atoms with Gasteiger partial charge in [-0.25, -0.2) is 8.42 Å². The molecule has 0 bridgehead atoms. The SMILES string of the molecule is Cc1ccccc1O[C@H](C)C(=O)Nc1ccc(S(=O)(=O)Nc2c(C)cccc2C)cc1. The lowest BCUT2D eigenvalue weighted by Gasteiger charge is -2.16. The van der Waals surface area contributed by atoms with Crippen molar-refractivity contribution in [2.75, 3.05) is 10.0 Å². The first kappa shape index (κ1) is 22.4. The Hall–Kier alpha value is -3.32. The van der Waals surface area contributed by atoms with E-state index in [0.717, 1.165) is 16.7 Å². The molecule has 0 radical (unpaired) electrons. The maximum atomic E-state index is 12.8. The molecular weight excluding hydrogens is 412 g/mol. The van der Waals surface area contributed by atoms with E-state index in [1.807, 2.05) is 63.2 Å². The zero-order chi connectivity index (χ0) is 22.6. The van der Waals surface area contributed by atoms with Crippen LogP contribution in [0.25, 0.3) is 0 Å². The summed E-state index contributed by atoms with van der Waals surface area (Å²) in [5, 5.41) is 2.75. The smallest absolute Gasteiger partial charge is 0.265 e. The van der Waals surface area contributed by atoms with Gasteiger partial charge < -0.3 is 10.1 Å². The number of amides is 1. The first-order chi connectivity index (χ1) is 14.7. The highest BCUT2D eigenvalue weighted by molar-refractivity contribution is 7.92. The standard InChI is InChI=1S/C24H26N2O4S/c1-16-8-5-6-11-22(16)30-19(4)24(27)25-20-12-14-21(15-13-20)31(28,29)26-23-17(2)9-7-10-18(23)3/h5-15,19,26H,1-4H3,(H,25,27)/t19-/m1/s1. The van der Waals surface area contributed by atoms with Gasteiger partial charge in [0.15, 0.2) is 6.10 Å². The number of carbonyl (C=O) groups is 1. The van der Waals surface area contributed by atoms with E-state index in [0.29, 0.717) is 17.1 Å². The molecule has 1 amide bonds. The largest absolute Gasteiger partial charge is 0.481 e. The van der Waals surface area contributed by atoms with Gasteiger partial charge in [0.05, 0.1) is 10.6 Å². The lowest BCUT2D eigenvalue weighted by molar-refractivity contribution is -0.122. The number of rotatable bonds is 7. The van der Waals surface area contributed by atoms with Gasteiger partial charge in [0, 0.05) is 5.69 Å². The van der Waals surface area contributed by atoms with Crippen molar-refractivity contribution in [3.63, 3.8) is 0 Å². The molecule has 0 saturated heterocycles. The Bertz CT molecular complexity index is 1170. The van der Waals surface area contributed by atoms with E-state index < -0.39 is 16.1 Å². The summed E-state index contributed by atoms with van der Waals surface area (Å²) in [6.45, 7) is 7.27. The van der Waals surface area contributed by atoms with Crippen LogP contribution in [0.2, 0.25) is 0 Å². The minimum absolute atomic E-state index is 0.109. The summed E-state index contributed by atoms with van der Waals surface area (Å²) in [5.74, 6) is 0.316. The molecule has 0 aliphatic carbocycles. The number of carbonyl (C=O) groups excluding carboxylic acids is 1. The summed E-state index contributed by atoms with van der Waals surface area (Å²) in [5.41, 5.74) is 3.68. The zero-order valence-corrected chi connectivity index (χ0v) is 18.8. The highest BCUT2D eigenvalue weighted by Gasteiger charge is 2.18. The van der Waals surface area contributed by atoms with Crippen LogP contribution >= 0.6 is 0 Å². The summed E-state index contributed by atoms with van der Waals surface area (Å²) in [6.07, 6.45) is -0.713. The summed E-state index contributed by atoms with van der Waals surface area (Å²) >= 11 is 0. The van der Waals surface area contributed by atoms with Crippen molar-refractivity contribution in [1.82, 2.24) is 0 Å². The van der Waals surface area contributed by atoms with Gasteiger partial charge in [0.1, 0.15) is 5.75 Å². The predicted molar refractivity (Wildman–Crippen MR) is 123 cm³/mol. The Morgan fingerprint density at radius 2 is 1.42 bits per heavy atom. The van der Waals surface area contributed by atoms with E-state index in [1.165, 1.54) is 12.1 Å². The molecule has 0 saturated carbocycles. The number of benzene rings is 3. The molecule has 0 fully saturated rings. The molecule has 31 heavy (non-hydrogen) atoms. The van der Waals surface area contributed by atoms with Crippen LogP contribution in [-0.4, -0.2) is 20.4 Å². The number of para-hydroxylation sites is 2. The average molecular weight is 439 g/mol. The summed E-state index contributed by atoms with van der Waals surface area (Å²) in [6, 6.07) is 19.1. The molecule has 1 atom stereocenters. The van der Waals surface area contributed by atoms with Crippen molar-refractivity contribution < 1.29 is 17.9 Å². The fourth-order valence-corrected chi connectivity index (χ4v) is 4.27. The minimum Gasteiger partial charge on any atom is -0.481 e. The van der Waals surface area contributed by atoms with Gasteiger partial charge in [0.2, 0.25) is 0 Å². The van der Waals surface area contributed by atoms with Gasteiger partial charge in [-0.3, -0.25) is 9.52 Å². The number of hydrogen-bond donors (Lipinski definition) is 2. The third-order valence-corrected chi connectivity index (χ3v) is 6.28. The summed E-state index contributed by atoms with van der Waals surface area (Å²) < 4.78 is 33.9. The predicted octanol–water partition coefficient (Wildman–Crippen LogP) is 4.82. The molecular formula is C24H26N2O4S. The molecule has 7 heteroatoms. The second-order valence-electron chi connectivity index (χ2n) is 7.41. The van der Waals surface area contributed by atoms with E-state index in [1.54, 1.807) is 19.1 Å². The number of anilines is 2. The van der Waals surface area contributed by atoms with Gasteiger partial charge in [0.25, 0.3) is 15.9 Å². The highest BCUT2D eigenvalue weighted by Crippen LogP contribution is 2.24. The molecule has 0 unspecified atom stereocenters. The molecule has 0 spiro atoms. The van der Waals surface area contributed by atoms with Crippen LogP contribution < -0.4 is 14.8 Å². The fourth-order valence-electron chi connectivity index (χ4n) is 3.06. The van der Waals surface area contributed by atoms with Gasteiger partial charge in [-0.2, -0.15) is 0 Å². The molecule has 0 aliphatic heterocycles. The molecule has 3 aromatic rings. The van der Waals surface area contributed by atoms with Crippen LogP contribution in [0, 0.1) is 20.8 Å². The molecule has 3 aromatic carbocycles.